The number of carboxylic acids is 1. The summed E-state index contributed by atoms with van der Waals surface area (Å²) in [6, 6.07) is 5.31. The van der Waals surface area contributed by atoms with Crippen molar-refractivity contribution in [2.24, 2.45) is 5.92 Å². The lowest BCUT2D eigenvalue weighted by Crippen LogP contribution is -2.28. The van der Waals surface area contributed by atoms with E-state index in [1.165, 1.54) is 0 Å². The van der Waals surface area contributed by atoms with Crippen molar-refractivity contribution in [1.29, 1.82) is 0 Å². The molecule has 1 heterocycles. The first-order chi connectivity index (χ1) is 11.5. The summed E-state index contributed by atoms with van der Waals surface area (Å²) in [5.74, 6) is -0.724. The van der Waals surface area contributed by atoms with E-state index in [-0.39, 0.29) is 18.3 Å². The van der Waals surface area contributed by atoms with Crippen LogP contribution in [0.3, 0.4) is 0 Å². The summed E-state index contributed by atoms with van der Waals surface area (Å²) in [5.41, 5.74) is 1.36. The zero-order valence-corrected chi connectivity index (χ0v) is 14.5. The van der Waals surface area contributed by atoms with Crippen molar-refractivity contribution in [3.8, 4) is 5.75 Å². The number of unbranched alkanes of at least 4 members (excludes halogenated alkanes) is 3. The summed E-state index contributed by atoms with van der Waals surface area (Å²) >= 11 is 0. The maximum atomic E-state index is 12.8. The molecule has 0 spiro atoms. The predicted octanol–water partition coefficient (Wildman–Crippen LogP) is 4.12. The molecular formula is C19H27NO4. The molecule has 2 atom stereocenters. The van der Waals surface area contributed by atoms with Crippen molar-refractivity contribution >= 4 is 17.4 Å². The first-order valence-corrected chi connectivity index (χ1v) is 8.81. The van der Waals surface area contributed by atoms with Crippen molar-refractivity contribution in [1.82, 2.24) is 0 Å². The van der Waals surface area contributed by atoms with E-state index in [0.717, 1.165) is 37.1 Å². The second-order valence-corrected chi connectivity index (χ2v) is 6.53. The number of ether oxygens (including phenoxy) is 1. The number of carbonyl (C=O) groups is 2. The van der Waals surface area contributed by atoms with Crippen molar-refractivity contribution < 1.29 is 19.4 Å². The molecule has 2 N–H and O–H groups in total. The number of ketones is 1. The monoisotopic (exact) mass is 333 g/mol. The molecule has 0 aromatic heterocycles. The highest BCUT2D eigenvalue weighted by Gasteiger charge is 2.24. The minimum Gasteiger partial charge on any atom is -0.487 e. The normalized spacial score (nSPS) is 17.3. The molecule has 5 heteroatoms. The standard InChI is InChI=1S/C19H27NO4/c1-3-4-5-6-7-14(11-18(21)22)19(23)15-8-9-17-16(10-15)20-12-13(2)24-17/h8-10,13-14,20H,3-7,11-12H2,1-2H3,(H,21,22). The Balaban J connectivity index is 2.08. The molecule has 5 nitrogen and oxygen atoms in total. The smallest absolute Gasteiger partial charge is 0.304 e. The van der Waals surface area contributed by atoms with Crippen LogP contribution in [0.2, 0.25) is 0 Å². The van der Waals surface area contributed by atoms with Crippen LogP contribution in [0.25, 0.3) is 0 Å². The number of anilines is 1. The molecule has 0 amide bonds. The van der Waals surface area contributed by atoms with Crippen molar-refractivity contribution in [3.63, 3.8) is 0 Å². The van der Waals surface area contributed by atoms with Crippen LogP contribution >= 0.6 is 0 Å². The first kappa shape index (κ1) is 18.3. The number of carbonyl (C=O) groups excluding carboxylic acids is 1. The van der Waals surface area contributed by atoms with E-state index in [0.29, 0.717) is 18.5 Å². The van der Waals surface area contributed by atoms with Gasteiger partial charge in [0.15, 0.2) is 5.78 Å². The lowest BCUT2D eigenvalue weighted by Gasteiger charge is -2.25. The van der Waals surface area contributed by atoms with Gasteiger partial charge in [-0.2, -0.15) is 0 Å². The average molecular weight is 333 g/mol. The summed E-state index contributed by atoms with van der Waals surface area (Å²) in [4.78, 5) is 23.9. The lowest BCUT2D eigenvalue weighted by molar-refractivity contribution is -0.137. The largest absolute Gasteiger partial charge is 0.487 e. The molecule has 2 rings (SSSR count). The number of fused-ring (bicyclic) bond motifs is 1. The van der Waals surface area contributed by atoms with Crippen LogP contribution in [0.5, 0.6) is 5.75 Å². The number of nitrogens with one attached hydrogen (secondary N) is 1. The highest BCUT2D eigenvalue weighted by Crippen LogP contribution is 2.31. The Morgan fingerprint density at radius 1 is 1.33 bits per heavy atom. The Bertz CT molecular complexity index is 585. The third-order valence-electron chi connectivity index (χ3n) is 4.37. The van der Waals surface area contributed by atoms with Crippen molar-refractivity contribution in [2.75, 3.05) is 11.9 Å². The number of carboxylic acid groups (broad SMARTS) is 1. The highest BCUT2D eigenvalue weighted by atomic mass is 16.5. The third-order valence-corrected chi connectivity index (χ3v) is 4.37. The van der Waals surface area contributed by atoms with E-state index >= 15 is 0 Å². The quantitative estimate of drug-likeness (QED) is 0.525. The van der Waals surface area contributed by atoms with Gasteiger partial charge in [0.05, 0.1) is 18.7 Å². The van der Waals surface area contributed by atoms with E-state index in [1.807, 2.05) is 6.92 Å². The highest BCUT2D eigenvalue weighted by molar-refractivity contribution is 6.00. The fraction of sp³-hybridized carbons (Fsp3) is 0.579. The maximum Gasteiger partial charge on any atom is 0.304 e. The van der Waals surface area contributed by atoms with Gasteiger partial charge < -0.3 is 15.2 Å². The lowest BCUT2D eigenvalue weighted by atomic mass is 9.89. The molecule has 1 aliphatic rings. The summed E-state index contributed by atoms with van der Waals surface area (Å²) in [7, 11) is 0. The molecular weight excluding hydrogens is 306 g/mol. The van der Waals surface area contributed by atoms with Crippen LogP contribution in [-0.4, -0.2) is 29.5 Å². The molecule has 0 radical (unpaired) electrons. The second-order valence-electron chi connectivity index (χ2n) is 6.53. The van der Waals surface area contributed by atoms with E-state index in [2.05, 4.69) is 12.2 Å². The van der Waals surface area contributed by atoms with Crippen LogP contribution in [0.4, 0.5) is 5.69 Å². The third kappa shape index (κ3) is 4.98. The van der Waals surface area contributed by atoms with Gasteiger partial charge in [0.2, 0.25) is 0 Å². The molecule has 0 saturated heterocycles. The SMILES string of the molecule is CCCCCCC(CC(=O)O)C(=O)c1ccc2c(c1)NCC(C)O2. The first-order valence-electron chi connectivity index (χ1n) is 8.81. The number of hydrogen-bond donors (Lipinski definition) is 2. The van der Waals surface area contributed by atoms with Gasteiger partial charge in [0, 0.05) is 11.5 Å². The number of rotatable bonds is 9. The molecule has 0 aliphatic carbocycles. The molecule has 1 aromatic carbocycles. The van der Waals surface area contributed by atoms with Gasteiger partial charge >= 0.3 is 5.97 Å². The Morgan fingerprint density at radius 2 is 2.12 bits per heavy atom. The predicted molar refractivity (Wildman–Crippen MR) is 93.9 cm³/mol. The van der Waals surface area contributed by atoms with E-state index in [4.69, 9.17) is 9.84 Å². The van der Waals surface area contributed by atoms with Crippen molar-refractivity contribution in [2.45, 2.75) is 58.5 Å². The molecule has 1 aromatic rings. The average Bonchev–Trinajstić information content (AvgIpc) is 2.56. The maximum absolute atomic E-state index is 12.8. The number of Topliss-reactive ketones (excluding diaryl/α,β-unsaturated/α-hetero) is 1. The van der Waals surface area contributed by atoms with Gasteiger partial charge in [0.25, 0.3) is 0 Å². The summed E-state index contributed by atoms with van der Waals surface area (Å²) in [5, 5.41) is 12.4. The fourth-order valence-corrected chi connectivity index (χ4v) is 3.03. The molecule has 0 saturated carbocycles. The van der Waals surface area contributed by atoms with Gasteiger partial charge in [-0.15, -0.1) is 0 Å². The summed E-state index contributed by atoms with van der Waals surface area (Å²) in [6.45, 7) is 4.80. The van der Waals surface area contributed by atoms with Crippen LogP contribution in [0, 0.1) is 5.92 Å². The van der Waals surface area contributed by atoms with Crippen molar-refractivity contribution in [3.05, 3.63) is 23.8 Å². The Hall–Kier alpha value is -2.04. The topological polar surface area (TPSA) is 75.6 Å². The molecule has 2 unspecified atom stereocenters. The Labute approximate surface area is 143 Å². The second kappa shape index (κ2) is 8.71. The van der Waals surface area contributed by atoms with E-state index < -0.39 is 11.9 Å². The molecule has 1 aliphatic heterocycles. The molecule has 132 valence electrons. The minimum absolute atomic E-state index is 0.0860. The van der Waals surface area contributed by atoms with Gasteiger partial charge in [-0.1, -0.05) is 32.6 Å². The van der Waals surface area contributed by atoms with Gasteiger partial charge in [-0.25, -0.2) is 0 Å². The van der Waals surface area contributed by atoms with Crippen LogP contribution in [0.15, 0.2) is 18.2 Å². The number of hydrogen-bond acceptors (Lipinski definition) is 4. The van der Waals surface area contributed by atoms with Crippen LogP contribution < -0.4 is 10.1 Å². The summed E-state index contributed by atoms with van der Waals surface area (Å²) < 4.78 is 5.72. The van der Waals surface area contributed by atoms with E-state index in [9.17, 15) is 9.59 Å². The number of aliphatic carboxylic acids is 1. The van der Waals surface area contributed by atoms with E-state index in [1.54, 1.807) is 18.2 Å². The number of benzene rings is 1. The minimum atomic E-state index is -0.919. The zero-order chi connectivity index (χ0) is 17.5. The van der Waals surface area contributed by atoms with Gasteiger partial charge in [0.1, 0.15) is 11.9 Å². The van der Waals surface area contributed by atoms with Crippen LogP contribution in [-0.2, 0) is 4.79 Å². The van der Waals surface area contributed by atoms with Gasteiger partial charge in [-0.05, 0) is 31.5 Å². The molecule has 24 heavy (non-hydrogen) atoms. The Morgan fingerprint density at radius 3 is 2.83 bits per heavy atom. The van der Waals surface area contributed by atoms with Crippen LogP contribution in [0.1, 0.15) is 62.7 Å². The fourth-order valence-electron chi connectivity index (χ4n) is 3.03. The Kier molecular flexibility index (Phi) is 6.64. The molecule has 0 bridgehead atoms. The zero-order valence-electron chi connectivity index (χ0n) is 14.5. The summed E-state index contributed by atoms with van der Waals surface area (Å²) in [6.07, 6.45) is 4.78. The van der Waals surface area contributed by atoms with Gasteiger partial charge in [-0.3, -0.25) is 9.59 Å². The molecule has 0 fully saturated rings.